The Kier molecular flexibility index (Phi) is 2.11. The Bertz CT molecular complexity index is 281. The molecule has 1 aromatic rings. The first kappa shape index (κ1) is 7.60. The molecule has 2 N–H and O–H groups in total. The van der Waals surface area contributed by atoms with E-state index in [0.717, 1.165) is 4.74 Å². The molecule has 3 heteroatoms. The maximum Gasteiger partial charge on any atom is 0.239 e. The van der Waals surface area contributed by atoms with E-state index in [9.17, 15) is 5.21 Å². The van der Waals surface area contributed by atoms with Crippen LogP contribution in [-0.2, 0) is 0 Å². The van der Waals surface area contributed by atoms with Crippen LogP contribution >= 0.6 is 0 Å². The zero-order valence-corrected chi connectivity index (χ0v) is 6.32. The highest BCUT2D eigenvalue weighted by Gasteiger charge is 2.02. The van der Waals surface area contributed by atoms with Gasteiger partial charge < -0.3 is 10.9 Å². The highest BCUT2D eigenvalue weighted by Crippen LogP contribution is 2.18. The lowest BCUT2D eigenvalue weighted by atomic mass is 10.3. The molecule has 0 saturated carbocycles. The first-order chi connectivity index (χ1) is 5.25. The average molecular weight is 150 g/mol. The van der Waals surface area contributed by atoms with Gasteiger partial charge in [0.2, 0.25) is 5.69 Å². The van der Waals surface area contributed by atoms with E-state index in [1.165, 1.54) is 6.21 Å². The standard InChI is InChI=1S/C8H10N2O/c1-2-10(11)8-6-4-3-5-7(8)9/h2-6H,9H2,1H3/b10-2+. The van der Waals surface area contributed by atoms with E-state index in [2.05, 4.69) is 0 Å². The summed E-state index contributed by atoms with van der Waals surface area (Å²) in [6, 6.07) is 6.95. The van der Waals surface area contributed by atoms with E-state index in [1.54, 1.807) is 31.2 Å². The monoisotopic (exact) mass is 150 g/mol. The third-order valence-electron chi connectivity index (χ3n) is 1.41. The fourth-order valence-corrected chi connectivity index (χ4v) is 0.827. The van der Waals surface area contributed by atoms with Crippen LogP contribution in [0, 0.1) is 5.21 Å². The Morgan fingerprint density at radius 2 is 2.09 bits per heavy atom. The highest BCUT2D eigenvalue weighted by atomic mass is 16.5. The number of nitrogens with zero attached hydrogens (tertiary/aromatic N) is 1. The number of nitrogen functional groups attached to an aromatic ring is 1. The van der Waals surface area contributed by atoms with Crippen LogP contribution in [-0.4, -0.2) is 11.0 Å². The molecule has 0 unspecified atom stereocenters. The Balaban J connectivity index is 3.14. The van der Waals surface area contributed by atoms with Gasteiger partial charge in [-0.2, -0.15) is 4.74 Å². The molecule has 3 nitrogen and oxygen atoms in total. The summed E-state index contributed by atoms with van der Waals surface area (Å²) in [4.78, 5) is 0. The lowest BCUT2D eigenvalue weighted by Crippen LogP contribution is -1.98. The molecule has 58 valence electrons. The van der Waals surface area contributed by atoms with E-state index < -0.39 is 0 Å². The summed E-state index contributed by atoms with van der Waals surface area (Å²) in [6.45, 7) is 1.67. The third-order valence-corrected chi connectivity index (χ3v) is 1.41. The second-order valence-electron chi connectivity index (χ2n) is 2.14. The number of hydrogen-bond donors (Lipinski definition) is 1. The molecule has 0 aliphatic rings. The van der Waals surface area contributed by atoms with Gasteiger partial charge in [0.05, 0.1) is 0 Å². The van der Waals surface area contributed by atoms with Gasteiger partial charge in [-0.1, -0.05) is 12.1 Å². The van der Waals surface area contributed by atoms with Crippen LogP contribution in [0.25, 0.3) is 0 Å². The van der Waals surface area contributed by atoms with Crippen molar-refractivity contribution in [1.82, 2.24) is 0 Å². The maximum atomic E-state index is 11.0. The lowest BCUT2D eigenvalue weighted by Gasteiger charge is -2.03. The van der Waals surface area contributed by atoms with Crippen molar-refractivity contribution in [2.24, 2.45) is 0 Å². The summed E-state index contributed by atoms with van der Waals surface area (Å²) < 4.78 is 0.745. The van der Waals surface area contributed by atoms with Crippen LogP contribution in [0.2, 0.25) is 0 Å². The minimum Gasteiger partial charge on any atom is -0.618 e. The van der Waals surface area contributed by atoms with E-state index in [0.29, 0.717) is 11.4 Å². The summed E-state index contributed by atoms with van der Waals surface area (Å²) >= 11 is 0. The van der Waals surface area contributed by atoms with Gasteiger partial charge in [-0.05, 0) is 6.07 Å². The fraction of sp³-hybridized carbons (Fsp3) is 0.125. The summed E-state index contributed by atoms with van der Waals surface area (Å²) in [7, 11) is 0. The number of nitrogens with two attached hydrogens (primary N) is 1. The molecule has 0 bridgehead atoms. The molecule has 11 heavy (non-hydrogen) atoms. The van der Waals surface area contributed by atoms with Crippen molar-refractivity contribution in [3.63, 3.8) is 0 Å². The maximum absolute atomic E-state index is 11.0. The molecule has 0 aliphatic carbocycles. The van der Waals surface area contributed by atoms with Gasteiger partial charge in [0.25, 0.3) is 0 Å². The van der Waals surface area contributed by atoms with Crippen LogP contribution in [0.4, 0.5) is 11.4 Å². The van der Waals surface area contributed by atoms with Crippen molar-refractivity contribution < 1.29 is 4.74 Å². The molecule has 0 amide bonds. The van der Waals surface area contributed by atoms with Crippen molar-refractivity contribution >= 4 is 17.6 Å². The predicted octanol–water partition coefficient (Wildman–Crippen LogP) is 1.50. The number of benzene rings is 1. The molecule has 1 rings (SSSR count). The zero-order valence-electron chi connectivity index (χ0n) is 6.32. The van der Waals surface area contributed by atoms with Crippen molar-refractivity contribution in [3.05, 3.63) is 29.5 Å². The zero-order chi connectivity index (χ0) is 8.27. The lowest BCUT2D eigenvalue weighted by molar-refractivity contribution is -0.354. The number of hydrogen-bond acceptors (Lipinski definition) is 2. The fourth-order valence-electron chi connectivity index (χ4n) is 0.827. The Hall–Kier alpha value is -1.51. The molecule has 0 aromatic heterocycles. The molecule has 0 radical (unpaired) electrons. The van der Waals surface area contributed by atoms with Crippen LogP contribution in [0.1, 0.15) is 6.92 Å². The smallest absolute Gasteiger partial charge is 0.239 e. The van der Waals surface area contributed by atoms with Crippen LogP contribution in [0.5, 0.6) is 0 Å². The summed E-state index contributed by atoms with van der Waals surface area (Å²) in [5.41, 5.74) is 6.53. The summed E-state index contributed by atoms with van der Waals surface area (Å²) in [5.74, 6) is 0. The molecular weight excluding hydrogens is 140 g/mol. The normalized spacial score (nSPS) is 11.5. The quantitative estimate of drug-likeness (QED) is 0.217. The number of rotatable bonds is 1. The van der Waals surface area contributed by atoms with Gasteiger partial charge in [0.15, 0.2) is 6.21 Å². The van der Waals surface area contributed by atoms with Crippen molar-refractivity contribution in [2.45, 2.75) is 6.92 Å². The first-order valence-corrected chi connectivity index (χ1v) is 3.36. The second kappa shape index (κ2) is 3.05. The first-order valence-electron chi connectivity index (χ1n) is 3.36. The van der Waals surface area contributed by atoms with E-state index in [4.69, 9.17) is 5.73 Å². The van der Waals surface area contributed by atoms with Gasteiger partial charge >= 0.3 is 0 Å². The van der Waals surface area contributed by atoms with Gasteiger partial charge in [-0.3, -0.25) is 0 Å². The summed E-state index contributed by atoms with van der Waals surface area (Å²) in [5, 5.41) is 11.0. The largest absolute Gasteiger partial charge is 0.618 e. The van der Waals surface area contributed by atoms with Crippen LogP contribution in [0.15, 0.2) is 24.3 Å². The number of anilines is 1. The van der Waals surface area contributed by atoms with E-state index in [1.807, 2.05) is 0 Å². The molecule has 0 fully saturated rings. The highest BCUT2D eigenvalue weighted by molar-refractivity contribution is 5.61. The third kappa shape index (κ3) is 1.49. The minimum absolute atomic E-state index is 0.495. The molecule has 0 aliphatic heterocycles. The van der Waals surface area contributed by atoms with Gasteiger partial charge in [0, 0.05) is 13.0 Å². The average Bonchev–Trinajstić information content (AvgIpc) is 2.04. The van der Waals surface area contributed by atoms with Crippen molar-refractivity contribution in [2.75, 3.05) is 5.73 Å². The molecule has 0 spiro atoms. The SMILES string of the molecule is C/C=[N+](/[O-])c1ccccc1N. The Morgan fingerprint density at radius 1 is 1.45 bits per heavy atom. The van der Waals surface area contributed by atoms with Crippen molar-refractivity contribution in [3.8, 4) is 0 Å². The van der Waals surface area contributed by atoms with Crippen LogP contribution in [0.3, 0.4) is 0 Å². The Labute approximate surface area is 65.4 Å². The van der Waals surface area contributed by atoms with Crippen molar-refractivity contribution in [1.29, 1.82) is 0 Å². The molecule has 0 saturated heterocycles. The second-order valence-corrected chi connectivity index (χ2v) is 2.14. The van der Waals surface area contributed by atoms with Gasteiger partial charge in [0.1, 0.15) is 5.69 Å². The van der Waals surface area contributed by atoms with E-state index >= 15 is 0 Å². The molecule has 0 heterocycles. The van der Waals surface area contributed by atoms with Crippen LogP contribution < -0.4 is 5.73 Å². The van der Waals surface area contributed by atoms with E-state index in [-0.39, 0.29) is 0 Å². The number of para-hydroxylation sites is 2. The topological polar surface area (TPSA) is 52.1 Å². The molecular formula is C8H10N2O. The van der Waals surface area contributed by atoms with Gasteiger partial charge in [-0.15, -0.1) is 0 Å². The van der Waals surface area contributed by atoms with Gasteiger partial charge in [-0.25, -0.2) is 0 Å². The molecule has 0 atom stereocenters. The Morgan fingerprint density at radius 3 is 2.64 bits per heavy atom. The molecule has 1 aromatic carbocycles. The predicted molar refractivity (Wildman–Crippen MR) is 45.9 cm³/mol. The minimum atomic E-state index is 0.495. The summed E-state index contributed by atoms with van der Waals surface area (Å²) in [6.07, 6.45) is 1.42.